The van der Waals surface area contributed by atoms with Gasteiger partial charge in [-0.15, -0.1) is 0 Å². The van der Waals surface area contributed by atoms with Crippen molar-refractivity contribution in [1.29, 1.82) is 0 Å². The molecule has 0 spiro atoms. The number of aliphatic hydroxyl groups excluding tert-OH is 1. The summed E-state index contributed by atoms with van der Waals surface area (Å²) in [5.41, 5.74) is 0. The Kier molecular flexibility index (Phi) is 3.82. The molecule has 1 aromatic rings. The molecule has 0 radical (unpaired) electrons. The van der Waals surface area contributed by atoms with Crippen LogP contribution in [0.2, 0.25) is 0 Å². The lowest BCUT2D eigenvalue weighted by Crippen LogP contribution is -2.39. The number of aromatic nitrogens is 2. The van der Waals surface area contributed by atoms with Crippen molar-refractivity contribution in [2.45, 2.75) is 76.0 Å². The van der Waals surface area contributed by atoms with Gasteiger partial charge in [-0.1, -0.05) is 12.1 Å². The Bertz CT molecular complexity index is 446. The standard InChI is InChI=1S/C15H25N3O2/c1-4-13(9(2)19)15-16-14(17-20-15)10-7-11-5-6-12(8-10)18(11)3/h9-13,19H,4-8H2,1-3H3. The molecular formula is C15H25N3O2. The first-order valence-electron chi connectivity index (χ1n) is 7.83. The lowest BCUT2D eigenvalue weighted by molar-refractivity contribution is 0.141. The van der Waals surface area contributed by atoms with Crippen molar-refractivity contribution in [2.24, 2.45) is 0 Å². The third-order valence-corrected chi connectivity index (χ3v) is 5.26. The van der Waals surface area contributed by atoms with E-state index in [1.807, 2.05) is 6.92 Å². The lowest BCUT2D eigenvalue weighted by Gasteiger charge is -2.34. The fourth-order valence-electron chi connectivity index (χ4n) is 3.91. The Hall–Kier alpha value is -0.940. The first kappa shape index (κ1) is 14.0. The molecule has 0 amide bonds. The van der Waals surface area contributed by atoms with Crippen LogP contribution >= 0.6 is 0 Å². The van der Waals surface area contributed by atoms with E-state index in [2.05, 4.69) is 22.1 Å². The molecule has 1 N–H and O–H groups in total. The van der Waals surface area contributed by atoms with Crippen LogP contribution < -0.4 is 0 Å². The quantitative estimate of drug-likeness (QED) is 0.916. The number of fused-ring (bicyclic) bond motifs is 2. The van der Waals surface area contributed by atoms with Gasteiger partial charge in [0.05, 0.1) is 12.0 Å². The molecule has 1 aromatic heterocycles. The largest absolute Gasteiger partial charge is 0.393 e. The van der Waals surface area contributed by atoms with Crippen LogP contribution in [-0.2, 0) is 0 Å². The smallest absolute Gasteiger partial charge is 0.232 e. The van der Waals surface area contributed by atoms with Crippen LogP contribution in [0.5, 0.6) is 0 Å². The van der Waals surface area contributed by atoms with E-state index in [1.165, 1.54) is 12.8 Å². The molecule has 2 fully saturated rings. The summed E-state index contributed by atoms with van der Waals surface area (Å²) in [6, 6.07) is 1.36. The van der Waals surface area contributed by atoms with Crippen LogP contribution in [-0.4, -0.2) is 45.4 Å². The van der Waals surface area contributed by atoms with Crippen molar-refractivity contribution >= 4 is 0 Å². The average Bonchev–Trinajstić information content (AvgIpc) is 2.93. The zero-order valence-corrected chi connectivity index (χ0v) is 12.6. The van der Waals surface area contributed by atoms with Crippen molar-refractivity contribution in [3.63, 3.8) is 0 Å². The van der Waals surface area contributed by atoms with Gasteiger partial charge in [-0.2, -0.15) is 4.98 Å². The minimum absolute atomic E-state index is 0.0424. The second-order valence-electron chi connectivity index (χ2n) is 6.46. The predicted octanol–water partition coefficient (Wildman–Crippen LogP) is 2.28. The number of aliphatic hydroxyl groups is 1. The zero-order valence-electron chi connectivity index (χ0n) is 12.6. The molecule has 2 aliphatic rings. The van der Waals surface area contributed by atoms with Gasteiger partial charge in [0.25, 0.3) is 0 Å². The number of hydrogen-bond donors (Lipinski definition) is 1. The van der Waals surface area contributed by atoms with E-state index < -0.39 is 6.10 Å². The minimum Gasteiger partial charge on any atom is -0.393 e. The minimum atomic E-state index is -0.443. The summed E-state index contributed by atoms with van der Waals surface area (Å²) in [5, 5.41) is 14.0. The van der Waals surface area contributed by atoms with Gasteiger partial charge in [0.1, 0.15) is 0 Å². The Labute approximate surface area is 120 Å². The van der Waals surface area contributed by atoms with E-state index in [0.29, 0.717) is 23.9 Å². The zero-order chi connectivity index (χ0) is 14.3. The summed E-state index contributed by atoms with van der Waals surface area (Å²) in [7, 11) is 2.24. The third kappa shape index (κ3) is 2.37. The van der Waals surface area contributed by atoms with E-state index in [4.69, 9.17) is 4.52 Å². The lowest BCUT2D eigenvalue weighted by atomic mass is 9.90. The van der Waals surface area contributed by atoms with Crippen molar-refractivity contribution < 1.29 is 9.63 Å². The maximum atomic E-state index is 9.78. The molecule has 112 valence electrons. The van der Waals surface area contributed by atoms with Gasteiger partial charge in [0, 0.05) is 18.0 Å². The molecule has 5 heteroatoms. The Morgan fingerprint density at radius 2 is 2.00 bits per heavy atom. The van der Waals surface area contributed by atoms with Crippen LogP contribution in [0.4, 0.5) is 0 Å². The summed E-state index contributed by atoms with van der Waals surface area (Å²) in [6.07, 6.45) is 5.25. The van der Waals surface area contributed by atoms with Crippen LogP contribution in [0.1, 0.15) is 69.5 Å². The van der Waals surface area contributed by atoms with Gasteiger partial charge in [-0.05, 0) is 46.1 Å². The third-order valence-electron chi connectivity index (χ3n) is 5.26. The van der Waals surface area contributed by atoms with Crippen LogP contribution in [0.25, 0.3) is 0 Å². The molecule has 3 heterocycles. The molecule has 0 aliphatic carbocycles. The SMILES string of the molecule is CCC(c1nc(C2CC3CCC(C2)N3C)no1)C(C)O. The highest BCUT2D eigenvalue weighted by Gasteiger charge is 2.40. The first-order valence-corrected chi connectivity index (χ1v) is 7.83. The molecule has 3 rings (SSSR count). The highest BCUT2D eigenvalue weighted by molar-refractivity contribution is 5.07. The predicted molar refractivity (Wildman–Crippen MR) is 75.6 cm³/mol. The molecule has 4 unspecified atom stereocenters. The van der Waals surface area contributed by atoms with Crippen molar-refractivity contribution in [3.8, 4) is 0 Å². The van der Waals surface area contributed by atoms with Crippen molar-refractivity contribution in [3.05, 3.63) is 11.7 Å². The molecule has 0 saturated carbocycles. The number of nitrogens with zero attached hydrogens (tertiary/aromatic N) is 3. The number of rotatable bonds is 4. The summed E-state index contributed by atoms with van der Waals surface area (Å²) in [4.78, 5) is 7.11. The van der Waals surface area contributed by atoms with E-state index in [1.54, 1.807) is 6.92 Å². The summed E-state index contributed by atoms with van der Waals surface area (Å²) >= 11 is 0. The molecule has 2 saturated heterocycles. The van der Waals surface area contributed by atoms with E-state index >= 15 is 0 Å². The summed E-state index contributed by atoms with van der Waals surface area (Å²) in [6.45, 7) is 3.82. The normalized spacial score (nSPS) is 33.3. The first-order chi connectivity index (χ1) is 9.60. The number of hydrogen-bond acceptors (Lipinski definition) is 5. The number of piperidine rings is 1. The topological polar surface area (TPSA) is 62.4 Å². The van der Waals surface area contributed by atoms with Gasteiger partial charge < -0.3 is 14.5 Å². The van der Waals surface area contributed by atoms with E-state index in [0.717, 1.165) is 25.1 Å². The fourth-order valence-corrected chi connectivity index (χ4v) is 3.91. The van der Waals surface area contributed by atoms with Gasteiger partial charge in [0.15, 0.2) is 5.82 Å². The molecule has 0 aromatic carbocycles. The molecule has 20 heavy (non-hydrogen) atoms. The Morgan fingerprint density at radius 1 is 1.35 bits per heavy atom. The van der Waals surface area contributed by atoms with Crippen molar-refractivity contribution in [2.75, 3.05) is 7.05 Å². The highest BCUT2D eigenvalue weighted by atomic mass is 16.5. The van der Waals surface area contributed by atoms with Gasteiger partial charge in [-0.25, -0.2) is 0 Å². The Balaban J connectivity index is 1.74. The fraction of sp³-hybridized carbons (Fsp3) is 0.867. The second kappa shape index (κ2) is 5.45. The van der Waals surface area contributed by atoms with E-state index in [-0.39, 0.29) is 5.92 Å². The van der Waals surface area contributed by atoms with Gasteiger partial charge >= 0.3 is 0 Å². The average molecular weight is 279 g/mol. The Morgan fingerprint density at radius 3 is 2.55 bits per heavy atom. The van der Waals surface area contributed by atoms with E-state index in [9.17, 15) is 5.11 Å². The van der Waals surface area contributed by atoms with Crippen molar-refractivity contribution in [1.82, 2.24) is 15.0 Å². The summed E-state index contributed by atoms with van der Waals surface area (Å²) < 4.78 is 5.42. The maximum absolute atomic E-state index is 9.78. The van der Waals surface area contributed by atoms with Crippen LogP contribution in [0.15, 0.2) is 4.52 Å². The molecule has 2 aliphatic heterocycles. The monoisotopic (exact) mass is 279 g/mol. The maximum Gasteiger partial charge on any atom is 0.232 e. The van der Waals surface area contributed by atoms with Gasteiger partial charge in [-0.3, -0.25) is 0 Å². The highest BCUT2D eigenvalue weighted by Crippen LogP contribution is 2.41. The molecule has 5 nitrogen and oxygen atoms in total. The molecular weight excluding hydrogens is 254 g/mol. The van der Waals surface area contributed by atoms with Crippen LogP contribution in [0.3, 0.4) is 0 Å². The molecule has 2 bridgehead atoms. The van der Waals surface area contributed by atoms with Gasteiger partial charge in [0.2, 0.25) is 5.89 Å². The summed E-state index contributed by atoms with van der Waals surface area (Å²) in [5.74, 6) is 1.83. The second-order valence-corrected chi connectivity index (χ2v) is 6.46. The van der Waals surface area contributed by atoms with Crippen LogP contribution in [0, 0.1) is 0 Å². The molecule has 4 atom stereocenters.